The quantitative estimate of drug-likeness (QED) is 0.306. The third-order valence-electron chi connectivity index (χ3n) is 5.00. The number of amides is 2. The van der Waals surface area contributed by atoms with Crippen molar-refractivity contribution in [2.75, 3.05) is 0 Å². The van der Waals surface area contributed by atoms with E-state index in [1.54, 1.807) is 78.9 Å². The first-order valence-corrected chi connectivity index (χ1v) is 10.2. The van der Waals surface area contributed by atoms with Gasteiger partial charge in [0.2, 0.25) is 0 Å². The molecule has 0 fully saturated rings. The summed E-state index contributed by atoms with van der Waals surface area (Å²) < 4.78 is 0. The molecule has 0 aliphatic heterocycles. The normalized spacial score (nSPS) is 11.6. The SMILES string of the molecule is N#Cc1ccc(C=NNC(=O)[C@H](NC(=O)c2ccccc2)c2n[nH]c(=O)c3ccccc23)cc1. The van der Waals surface area contributed by atoms with Gasteiger partial charge in [0, 0.05) is 10.9 Å². The summed E-state index contributed by atoms with van der Waals surface area (Å²) in [6, 6.07) is 22.5. The van der Waals surface area contributed by atoms with E-state index in [0.29, 0.717) is 27.5 Å². The van der Waals surface area contributed by atoms with Gasteiger partial charge < -0.3 is 5.32 Å². The van der Waals surface area contributed by atoms with E-state index in [1.807, 2.05) is 6.07 Å². The van der Waals surface area contributed by atoms with E-state index in [1.165, 1.54) is 6.21 Å². The summed E-state index contributed by atoms with van der Waals surface area (Å²) >= 11 is 0. The molecule has 34 heavy (non-hydrogen) atoms. The molecule has 0 aliphatic rings. The van der Waals surface area contributed by atoms with E-state index >= 15 is 0 Å². The average molecular weight is 450 g/mol. The van der Waals surface area contributed by atoms with Crippen LogP contribution in [0.15, 0.2) is 88.8 Å². The Hall–Kier alpha value is -5.10. The lowest BCUT2D eigenvalue weighted by molar-refractivity contribution is -0.123. The minimum absolute atomic E-state index is 0.172. The summed E-state index contributed by atoms with van der Waals surface area (Å²) in [7, 11) is 0. The lowest BCUT2D eigenvalue weighted by atomic mass is 10.0. The molecule has 4 aromatic rings. The van der Waals surface area contributed by atoms with Crippen molar-refractivity contribution < 1.29 is 9.59 Å². The second-order valence-corrected chi connectivity index (χ2v) is 7.22. The summed E-state index contributed by atoms with van der Waals surface area (Å²) in [5.41, 5.74) is 3.70. The van der Waals surface area contributed by atoms with Crippen LogP contribution in [-0.4, -0.2) is 28.2 Å². The van der Waals surface area contributed by atoms with Gasteiger partial charge in [-0.1, -0.05) is 48.5 Å². The van der Waals surface area contributed by atoms with Gasteiger partial charge in [0.05, 0.1) is 23.2 Å². The van der Waals surface area contributed by atoms with Crippen LogP contribution >= 0.6 is 0 Å². The molecule has 0 saturated heterocycles. The fourth-order valence-corrected chi connectivity index (χ4v) is 3.30. The van der Waals surface area contributed by atoms with Crippen molar-refractivity contribution in [3.05, 3.63) is 112 Å². The predicted octanol–water partition coefficient (Wildman–Crippen LogP) is 2.42. The largest absolute Gasteiger partial charge is 0.335 e. The van der Waals surface area contributed by atoms with E-state index in [9.17, 15) is 14.4 Å². The van der Waals surface area contributed by atoms with Gasteiger partial charge >= 0.3 is 0 Å². The molecule has 4 rings (SSSR count). The van der Waals surface area contributed by atoms with Crippen LogP contribution in [-0.2, 0) is 4.79 Å². The number of rotatable bonds is 6. The predicted molar refractivity (Wildman–Crippen MR) is 126 cm³/mol. The standard InChI is InChI=1S/C25H18N6O3/c26-14-16-10-12-17(13-11-16)15-27-30-25(34)22(28-23(32)18-6-2-1-3-7-18)21-19-8-4-5-9-20(19)24(33)31-29-21/h1-13,15,22H,(H,28,32)(H,30,34)(H,31,33)/t22-/m1/s1. The molecular weight excluding hydrogens is 432 g/mol. The number of H-pyrrole nitrogens is 1. The maximum Gasteiger partial charge on any atom is 0.272 e. The van der Waals surface area contributed by atoms with E-state index in [0.717, 1.165) is 0 Å². The monoisotopic (exact) mass is 450 g/mol. The van der Waals surface area contributed by atoms with Gasteiger partial charge in [-0.3, -0.25) is 14.4 Å². The first-order chi connectivity index (χ1) is 16.6. The minimum atomic E-state index is -1.24. The zero-order valence-corrected chi connectivity index (χ0v) is 17.7. The Bertz CT molecular complexity index is 1470. The number of nitrogens with zero attached hydrogens (tertiary/aromatic N) is 3. The summed E-state index contributed by atoms with van der Waals surface area (Å²) in [4.78, 5) is 38.1. The number of benzene rings is 3. The summed E-state index contributed by atoms with van der Waals surface area (Å²) in [5.74, 6) is -1.15. The first kappa shape index (κ1) is 22.1. The molecule has 1 heterocycles. The van der Waals surface area contributed by atoms with Crippen molar-refractivity contribution in [3.63, 3.8) is 0 Å². The summed E-state index contributed by atoms with van der Waals surface area (Å²) in [6.07, 6.45) is 1.41. The Balaban J connectivity index is 1.65. The molecule has 0 saturated carbocycles. The fourth-order valence-electron chi connectivity index (χ4n) is 3.30. The maximum atomic E-state index is 13.1. The average Bonchev–Trinajstić information content (AvgIpc) is 2.88. The molecule has 1 atom stereocenters. The molecule has 0 radical (unpaired) electrons. The Morgan fingerprint density at radius 3 is 2.35 bits per heavy atom. The van der Waals surface area contributed by atoms with Crippen LogP contribution in [0.2, 0.25) is 0 Å². The number of fused-ring (bicyclic) bond motifs is 1. The Morgan fingerprint density at radius 1 is 0.971 bits per heavy atom. The molecular formula is C25H18N6O3. The number of aromatic nitrogens is 2. The molecule has 0 aliphatic carbocycles. The van der Waals surface area contributed by atoms with Crippen molar-refractivity contribution >= 4 is 28.8 Å². The van der Waals surface area contributed by atoms with Gasteiger partial charge in [0.15, 0.2) is 6.04 Å². The van der Waals surface area contributed by atoms with Crippen molar-refractivity contribution in [1.29, 1.82) is 5.26 Å². The van der Waals surface area contributed by atoms with Crippen LogP contribution in [0.25, 0.3) is 10.8 Å². The van der Waals surface area contributed by atoms with E-state index in [2.05, 4.69) is 26.0 Å². The molecule has 2 amide bonds. The van der Waals surface area contributed by atoms with Gasteiger partial charge in [-0.15, -0.1) is 0 Å². The summed E-state index contributed by atoms with van der Waals surface area (Å²) in [6.45, 7) is 0. The fraction of sp³-hybridized carbons (Fsp3) is 0.0400. The lowest BCUT2D eigenvalue weighted by Crippen LogP contribution is -2.40. The van der Waals surface area contributed by atoms with Gasteiger partial charge in [-0.25, -0.2) is 10.5 Å². The lowest BCUT2D eigenvalue weighted by Gasteiger charge is -2.18. The topological polar surface area (TPSA) is 140 Å². The van der Waals surface area contributed by atoms with Gasteiger partial charge in [0.1, 0.15) is 5.69 Å². The number of nitrogens with one attached hydrogen (secondary N) is 3. The number of nitriles is 1. The molecule has 1 aromatic heterocycles. The highest BCUT2D eigenvalue weighted by molar-refractivity contribution is 5.99. The van der Waals surface area contributed by atoms with Crippen LogP contribution in [0, 0.1) is 11.3 Å². The van der Waals surface area contributed by atoms with Gasteiger partial charge in [-0.05, 0) is 35.9 Å². The van der Waals surface area contributed by atoms with Crippen molar-refractivity contribution in [3.8, 4) is 6.07 Å². The zero-order chi connectivity index (χ0) is 23.9. The highest BCUT2D eigenvalue weighted by atomic mass is 16.2. The van der Waals surface area contributed by atoms with Gasteiger partial charge in [0.25, 0.3) is 17.4 Å². The highest BCUT2D eigenvalue weighted by Gasteiger charge is 2.27. The van der Waals surface area contributed by atoms with Crippen LogP contribution in [0.1, 0.15) is 33.2 Å². The number of carbonyl (C=O) groups excluding carboxylic acids is 2. The number of hydrazone groups is 1. The Labute approximate surface area is 193 Å². The smallest absolute Gasteiger partial charge is 0.272 e. The molecule has 9 heteroatoms. The Kier molecular flexibility index (Phi) is 6.51. The van der Waals surface area contributed by atoms with Crippen molar-refractivity contribution in [2.24, 2.45) is 5.10 Å². The molecule has 0 bridgehead atoms. The highest BCUT2D eigenvalue weighted by Crippen LogP contribution is 2.20. The van der Waals surface area contributed by atoms with Crippen molar-refractivity contribution in [1.82, 2.24) is 20.9 Å². The molecule has 0 spiro atoms. The number of aromatic amines is 1. The number of hydrogen-bond donors (Lipinski definition) is 3. The van der Waals surface area contributed by atoms with Crippen LogP contribution in [0.3, 0.4) is 0 Å². The molecule has 9 nitrogen and oxygen atoms in total. The molecule has 166 valence electrons. The minimum Gasteiger partial charge on any atom is -0.335 e. The van der Waals surface area contributed by atoms with Crippen LogP contribution in [0.4, 0.5) is 0 Å². The van der Waals surface area contributed by atoms with Crippen LogP contribution in [0.5, 0.6) is 0 Å². The second-order valence-electron chi connectivity index (χ2n) is 7.22. The van der Waals surface area contributed by atoms with E-state index in [-0.39, 0.29) is 5.69 Å². The van der Waals surface area contributed by atoms with Gasteiger partial charge in [-0.2, -0.15) is 15.5 Å². The Morgan fingerprint density at radius 2 is 1.65 bits per heavy atom. The summed E-state index contributed by atoms with van der Waals surface area (Å²) in [5, 5.41) is 22.7. The molecule has 3 N–H and O–H groups in total. The number of hydrogen-bond acceptors (Lipinski definition) is 6. The third-order valence-corrected chi connectivity index (χ3v) is 5.00. The maximum absolute atomic E-state index is 13.1. The number of carbonyl (C=O) groups is 2. The first-order valence-electron chi connectivity index (χ1n) is 10.2. The van der Waals surface area contributed by atoms with E-state index in [4.69, 9.17) is 5.26 Å². The molecule has 3 aromatic carbocycles. The molecule has 0 unspecified atom stereocenters. The zero-order valence-electron chi connectivity index (χ0n) is 17.7. The second kappa shape index (κ2) is 10.0. The van der Waals surface area contributed by atoms with Crippen LogP contribution < -0.4 is 16.3 Å². The third kappa shape index (κ3) is 4.87. The van der Waals surface area contributed by atoms with E-state index < -0.39 is 23.4 Å². The van der Waals surface area contributed by atoms with Crippen molar-refractivity contribution in [2.45, 2.75) is 6.04 Å².